The number of imidazole rings is 1. The number of esters is 1. The van der Waals surface area contributed by atoms with Crippen LogP contribution in [-0.4, -0.2) is 29.2 Å². The summed E-state index contributed by atoms with van der Waals surface area (Å²) in [4.78, 5) is 16.0. The molecule has 1 N–H and O–H groups in total. The van der Waals surface area contributed by atoms with Crippen LogP contribution in [0.1, 0.15) is 16.2 Å². The van der Waals surface area contributed by atoms with E-state index in [9.17, 15) is 4.79 Å². The molecule has 3 rings (SSSR count). The van der Waals surface area contributed by atoms with Crippen molar-refractivity contribution in [2.75, 3.05) is 13.7 Å². The number of aromatic nitrogens is 2. The van der Waals surface area contributed by atoms with Crippen molar-refractivity contribution >= 4 is 17.0 Å². The molecule has 0 radical (unpaired) electrons. The lowest BCUT2D eigenvalue weighted by molar-refractivity contribution is 0.0601. The number of benzene rings is 1. The van der Waals surface area contributed by atoms with Crippen LogP contribution < -0.4 is 5.32 Å². The summed E-state index contributed by atoms with van der Waals surface area (Å²) in [5, 5.41) is 3.28. The molecule has 0 saturated carbocycles. The van der Waals surface area contributed by atoms with Gasteiger partial charge in [0.1, 0.15) is 5.82 Å². The molecule has 0 spiro atoms. The molecule has 5 heteroatoms. The first-order chi connectivity index (χ1) is 8.29. The Bertz CT molecular complexity index is 589. The van der Waals surface area contributed by atoms with E-state index in [0.29, 0.717) is 5.56 Å². The minimum atomic E-state index is -0.323. The van der Waals surface area contributed by atoms with Crippen molar-refractivity contribution in [2.24, 2.45) is 0 Å². The van der Waals surface area contributed by atoms with Gasteiger partial charge in [-0.1, -0.05) is 0 Å². The molecule has 1 aromatic carbocycles. The third kappa shape index (κ3) is 1.59. The quantitative estimate of drug-likeness (QED) is 0.742. The van der Waals surface area contributed by atoms with Gasteiger partial charge in [-0.3, -0.25) is 0 Å². The Morgan fingerprint density at radius 3 is 3.24 bits per heavy atom. The van der Waals surface area contributed by atoms with Gasteiger partial charge in [0.25, 0.3) is 0 Å². The lowest BCUT2D eigenvalue weighted by Gasteiger charge is -2.15. The summed E-state index contributed by atoms with van der Waals surface area (Å²) in [6.45, 7) is 2.66. The maximum absolute atomic E-state index is 11.4. The third-order valence-corrected chi connectivity index (χ3v) is 3.04. The maximum atomic E-state index is 11.4. The van der Waals surface area contributed by atoms with Crippen LogP contribution in [0.5, 0.6) is 0 Å². The summed E-state index contributed by atoms with van der Waals surface area (Å²) in [6.07, 6.45) is 0. The van der Waals surface area contributed by atoms with Crippen LogP contribution in [0.25, 0.3) is 11.0 Å². The van der Waals surface area contributed by atoms with Crippen LogP contribution in [0, 0.1) is 0 Å². The molecule has 0 atom stereocenters. The molecular formula is C12H13N3O2. The van der Waals surface area contributed by atoms with Crippen molar-refractivity contribution in [2.45, 2.75) is 13.1 Å². The second-order valence-electron chi connectivity index (χ2n) is 4.05. The van der Waals surface area contributed by atoms with E-state index in [4.69, 9.17) is 4.74 Å². The van der Waals surface area contributed by atoms with Crippen LogP contribution in [0.2, 0.25) is 0 Å². The SMILES string of the molecule is COC(=O)c1ccc2c(c1)nc1n2CCNC1. The standard InChI is InChI=1S/C12H13N3O2/c1-17-12(16)8-2-3-10-9(6-8)14-11-7-13-4-5-15(10)11/h2-3,6,13H,4-5,7H2,1H3. The summed E-state index contributed by atoms with van der Waals surface area (Å²) in [6, 6.07) is 5.50. The number of rotatable bonds is 1. The number of nitrogens with one attached hydrogen (secondary N) is 1. The summed E-state index contributed by atoms with van der Waals surface area (Å²) >= 11 is 0. The number of hydrogen-bond acceptors (Lipinski definition) is 4. The highest BCUT2D eigenvalue weighted by molar-refractivity contribution is 5.93. The van der Waals surface area contributed by atoms with Crippen molar-refractivity contribution in [1.82, 2.24) is 14.9 Å². The monoisotopic (exact) mass is 231 g/mol. The Hall–Kier alpha value is -1.88. The largest absolute Gasteiger partial charge is 0.465 e. The predicted molar refractivity (Wildman–Crippen MR) is 62.8 cm³/mol. The lowest BCUT2D eigenvalue weighted by Crippen LogP contribution is -2.28. The number of hydrogen-bond donors (Lipinski definition) is 1. The Morgan fingerprint density at radius 2 is 2.41 bits per heavy atom. The van der Waals surface area contributed by atoms with E-state index in [2.05, 4.69) is 14.9 Å². The van der Waals surface area contributed by atoms with Crippen LogP contribution in [0.4, 0.5) is 0 Å². The molecule has 0 unspecified atom stereocenters. The van der Waals surface area contributed by atoms with Crippen LogP contribution in [0.3, 0.4) is 0 Å². The highest BCUT2D eigenvalue weighted by Gasteiger charge is 2.15. The fourth-order valence-corrected chi connectivity index (χ4v) is 2.20. The topological polar surface area (TPSA) is 56.1 Å². The zero-order chi connectivity index (χ0) is 11.8. The first-order valence-electron chi connectivity index (χ1n) is 5.58. The average molecular weight is 231 g/mol. The molecule has 2 heterocycles. The number of methoxy groups -OCH3 is 1. The number of carbonyl (C=O) groups excluding carboxylic acids is 1. The number of fused-ring (bicyclic) bond motifs is 3. The van der Waals surface area contributed by atoms with E-state index >= 15 is 0 Å². The minimum absolute atomic E-state index is 0.323. The number of nitrogens with zero attached hydrogens (tertiary/aromatic N) is 2. The molecule has 1 aromatic heterocycles. The van der Waals surface area contributed by atoms with Gasteiger partial charge < -0.3 is 14.6 Å². The van der Waals surface area contributed by atoms with Crippen molar-refractivity contribution in [3.05, 3.63) is 29.6 Å². The van der Waals surface area contributed by atoms with E-state index < -0.39 is 0 Å². The molecule has 2 aromatic rings. The van der Waals surface area contributed by atoms with E-state index in [1.165, 1.54) is 7.11 Å². The van der Waals surface area contributed by atoms with Gasteiger partial charge in [-0.05, 0) is 18.2 Å². The highest BCUT2D eigenvalue weighted by atomic mass is 16.5. The van der Waals surface area contributed by atoms with Gasteiger partial charge >= 0.3 is 5.97 Å². The second kappa shape index (κ2) is 3.85. The van der Waals surface area contributed by atoms with Gasteiger partial charge in [0.05, 0.1) is 30.3 Å². The first-order valence-corrected chi connectivity index (χ1v) is 5.58. The van der Waals surface area contributed by atoms with Crippen molar-refractivity contribution in [3.8, 4) is 0 Å². The van der Waals surface area contributed by atoms with E-state index in [0.717, 1.165) is 36.5 Å². The Balaban J connectivity index is 2.14. The Kier molecular flexibility index (Phi) is 2.33. The second-order valence-corrected chi connectivity index (χ2v) is 4.05. The average Bonchev–Trinajstić information content (AvgIpc) is 2.75. The smallest absolute Gasteiger partial charge is 0.337 e. The van der Waals surface area contributed by atoms with Crippen LogP contribution >= 0.6 is 0 Å². The van der Waals surface area contributed by atoms with Gasteiger partial charge in [0.15, 0.2) is 0 Å². The van der Waals surface area contributed by atoms with Crippen LogP contribution in [-0.2, 0) is 17.8 Å². The van der Waals surface area contributed by atoms with Crippen molar-refractivity contribution in [1.29, 1.82) is 0 Å². The zero-order valence-corrected chi connectivity index (χ0v) is 9.56. The molecule has 17 heavy (non-hydrogen) atoms. The first kappa shape index (κ1) is 10.3. The summed E-state index contributed by atoms with van der Waals surface area (Å²) in [5.41, 5.74) is 2.48. The molecule has 88 valence electrons. The third-order valence-electron chi connectivity index (χ3n) is 3.04. The minimum Gasteiger partial charge on any atom is -0.465 e. The molecule has 0 bridgehead atoms. The molecule has 0 aliphatic carbocycles. The van der Waals surface area contributed by atoms with Gasteiger partial charge in [-0.15, -0.1) is 0 Å². The highest BCUT2D eigenvalue weighted by Crippen LogP contribution is 2.19. The van der Waals surface area contributed by atoms with Crippen LogP contribution in [0.15, 0.2) is 18.2 Å². The van der Waals surface area contributed by atoms with E-state index in [-0.39, 0.29) is 5.97 Å². The molecular weight excluding hydrogens is 218 g/mol. The predicted octanol–water partition coefficient (Wildman–Crippen LogP) is 0.926. The van der Waals surface area contributed by atoms with Gasteiger partial charge in [-0.2, -0.15) is 0 Å². The van der Waals surface area contributed by atoms with Crippen molar-refractivity contribution in [3.63, 3.8) is 0 Å². The molecule has 0 amide bonds. The fraction of sp³-hybridized carbons (Fsp3) is 0.333. The molecule has 0 saturated heterocycles. The zero-order valence-electron chi connectivity index (χ0n) is 9.56. The van der Waals surface area contributed by atoms with Gasteiger partial charge in [0.2, 0.25) is 0 Å². The van der Waals surface area contributed by atoms with Gasteiger partial charge in [-0.25, -0.2) is 9.78 Å². The van der Waals surface area contributed by atoms with E-state index in [1.54, 1.807) is 12.1 Å². The summed E-state index contributed by atoms with van der Waals surface area (Å²) in [7, 11) is 1.38. The molecule has 0 fully saturated rings. The Labute approximate surface area is 98.4 Å². The van der Waals surface area contributed by atoms with Gasteiger partial charge in [0, 0.05) is 13.1 Å². The Morgan fingerprint density at radius 1 is 1.53 bits per heavy atom. The normalized spacial score (nSPS) is 14.6. The summed E-state index contributed by atoms with van der Waals surface area (Å²) < 4.78 is 6.89. The molecule has 1 aliphatic heterocycles. The van der Waals surface area contributed by atoms with Crippen molar-refractivity contribution < 1.29 is 9.53 Å². The molecule has 1 aliphatic rings. The number of ether oxygens (including phenoxy) is 1. The fourth-order valence-electron chi connectivity index (χ4n) is 2.20. The summed E-state index contributed by atoms with van der Waals surface area (Å²) in [5.74, 6) is 0.698. The molecule has 5 nitrogen and oxygen atoms in total. The lowest BCUT2D eigenvalue weighted by atomic mass is 10.2. The van der Waals surface area contributed by atoms with E-state index in [1.807, 2.05) is 6.07 Å². The maximum Gasteiger partial charge on any atom is 0.337 e. The number of carbonyl (C=O) groups is 1.